The predicted molar refractivity (Wildman–Crippen MR) is 97.1 cm³/mol. The Balaban J connectivity index is 2.03. The molecule has 0 aliphatic rings. The van der Waals surface area contributed by atoms with Gasteiger partial charge in [0.1, 0.15) is 0 Å². The number of amides is 1. The Kier molecular flexibility index (Phi) is 6.84. The van der Waals surface area contributed by atoms with Gasteiger partial charge in [-0.05, 0) is 25.0 Å². The summed E-state index contributed by atoms with van der Waals surface area (Å²) in [6.45, 7) is 6.40. The number of nitrogens with zero attached hydrogens (tertiary/aromatic N) is 2. The third kappa shape index (κ3) is 4.67. The molecule has 2 aromatic rings. The molecule has 2 rings (SSSR count). The van der Waals surface area contributed by atoms with Crippen LogP contribution in [-0.2, 0) is 11.3 Å². The molecule has 0 radical (unpaired) electrons. The fourth-order valence-corrected chi connectivity index (χ4v) is 3.57. The molecule has 1 amide bonds. The topological polar surface area (TPSA) is 42.3 Å². The molecular weight excluding hydrogens is 308 g/mol. The minimum Gasteiger partial charge on any atom is -0.343 e. The fraction of sp³-hybridized carbons (Fsp3) is 0.556. The van der Waals surface area contributed by atoms with E-state index in [1.807, 2.05) is 29.2 Å². The lowest BCUT2D eigenvalue weighted by molar-refractivity contribution is -0.131. The molecule has 0 unspecified atom stereocenters. The van der Waals surface area contributed by atoms with Crippen LogP contribution >= 0.6 is 11.3 Å². The number of aryl methyl sites for hydroxylation is 1. The van der Waals surface area contributed by atoms with Crippen LogP contribution in [0.25, 0.3) is 10.2 Å². The van der Waals surface area contributed by atoms with Crippen LogP contribution < -0.4 is 4.87 Å². The van der Waals surface area contributed by atoms with E-state index in [0.717, 1.165) is 49.0 Å². The second-order valence-corrected chi connectivity index (χ2v) is 6.82. The predicted octanol–water partition coefficient (Wildman–Crippen LogP) is 3.88. The largest absolute Gasteiger partial charge is 0.343 e. The first-order chi connectivity index (χ1) is 11.2. The van der Waals surface area contributed by atoms with Crippen LogP contribution in [0.1, 0.15) is 46.0 Å². The van der Waals surface area contributed by atoms with E-state index >= 15 is 0 Å². The number of carbonyl (C=O) groups is 1. The highest BCUT2D eigenvalue weighted by atomic mass is 32.1. The van der Waals surface area contributed by atoms with E-state index in [1.54, 1.807) is 4.57 Å². The molecule has 0 saturated carbocycles. The molecule has 5 heteroatoms. The summed E-state index contributed by atoms with van der Waals surface area (Å²) in [4.78, 5) is 26.6. The highest BCUT2D eigenvalue weighted by molar-refractivity contribution is 7.16. The number of carbonyl (C=O) groups excluding carboxylic acids is 1. The summed E-state index contributed by atoms with van der Waals surface area (Å²) in [7, 11) is 0. The fourth-order valence-electron chi connectivity index (χ4n) is 2.65. The SMILES string of the molecule is CCCCN(CCCC)C(=O)CCn1c(=O)sc2ccccc21. The first kappa shape index (κ1) is 17.7. The molecule has 0 spiro atoms. The highest BCUT2D eigenvalue weighted by Crippen LogP contribution is 2.17. The molecule has 0 atom stereocenters. The van der Waals surface area contributed by atoms with E-state index < -0.39 is 0 Å². The Bertz CT molecular complexity index is 682. The zero-order chi connectivity index (χ0) is 16.7. The Hall–Kier alpha value is -1.62. The van der Waals surface area contributed by atoms with Gasteiger partial charge in [-0.1, -0.05) is 50.2 Å². The van der Waals surface area contributed by atoms with Gasteiger partial charge in [-0.3, -0.25) is 14.2 Å². The van der Waals surface area contributed by atoms with Gasteiger partial charge in [0.05, 0.1) is 10.2 Å². The van der Waals surface area contributed by atoms with Gasteiger partial charge in [0.25, 0.3) is 0 Å². The maximum Gasteiger partial charge on any atom is 0.308 e. The Labute approximate surface area is 141 Å². The van der Waals surface area contributed by atoms with Crippen molar-refractivity contribution in [3.63, 3.8) is 0 Å². The number of para-hydroxylation sites is 1. The molecule has 0 saturated heterocycles. The van der Waals surface area contributed by atoms with Crippen molar-refractivity contribution in [3.8, 4) is 0 Å². The molecule has 0 bridgehead atoms. The van der Waals surface area contributed by atoms with Crippen molar-refractivity contribution in [2.24, 2.45) is 0 Å². The lowest BCUT2D eigenvalue weighted by atomic mass is 10.2. The van der Waals surface area contributed by atoms with Crippen LogP contribution in [0.3, 0.4) is 0 Å². The van der Waals surface area contributed by atoms with Crippen molar-refractivity contribution in [2.75, 3.05) is 13.1 Å². The summed E-state index contributed by atoms with van der Waals surface area (Å²) in [5.74, 6) is 0.161. The zero-order valence-electron chi connectivity index (χ0n) is 14.1. The van der Waals surface area contributed by atoms with Crippen LogP contribution in [-0.4, -0.2) is 28.5 Å². The van der Waals surface area contributed by atoms with Gasteiger partial charge in [-0.25, -0.2) is 0 Å². The van der Waals surface area contributed by atoms with E-state index in [-0.39, 0.29) is 10.8 Å². The lowest BCUT2D eigenvalue weighted by Crippen LogP contribution is -2.34. The van der Waals surface area contributed by atoms with Crippen LogP contribution in [0, 0.1) is 0 Å². The van der Waals surface area contributed by atoms with Crippen molar-refractivity contribution < 1.29 is 4.79 Å². The normalized spacial score (nSPS) is 11.0. The monoisotopic (exact) mass is 334 g/mol. The quantitative estimate of drug-likeness (QED) is 0.698. The summed E-state index contributed by atoms with van der Waals surface area (Å²) in [5.41, 5.74) is 0.934. The number of hydrogen-bond acceptors (Lipinski definition) is 3. The smallest absolute Gasteiger partial charge is 0.308 e. The van der Waals surface area contributed by atoms with E-state index in [2.05, 4.69) is 13.8 Å². The average molecular weight is 334 g/mol. The maximum atomic E-state index is 12.5. The van der Waals surface area contributed by atoms with E-state index in [4.69, 9.17) is 0 Å². The van der Waals surface area contributed by atoms with Crippen LogP contribution in [0.2, 0.25) is 0 Å². The second kappa shape index (κ2) is 8.87. The van der Waals surface area contributed by atoms with Crippen LogP contribution in [0.4, 0.5) is 0 Å². The Morgan fingerprint density at radius 3 is 2.43 bits per heavy atom. The number of aromatic nitrogens is 1. The molecule has 0 N–H and O–H groups in total. The molecule has 1 aromatic carbocycles. The number of thiazole rings is 1. The summed E-state index contributed by atoms with van der Waals surface area (Å²) in [6.07, 6.45) is 4.65. The van der Waals surface area contributed by atoms with Crippen molar-refractivity contribution in [3.05, 3.63) is 33.9 Å². The van der Waals surface area contributed by atoms with Gasteiger partial charge in [0.2, 0.25) is 5.91 Å². The van der Waals surface area contributed by atoms with Crippen molar-refractivity contribution >= 4 is 27.5 Å². The molecule has 0 aliphatic heterocycles. The van der Waals surface area contributed by atoms with Crippen molar-refractivity contribution in [1.82, 2.24) is 9.47 Å². The third-order valence-corrected chi connectivity index (χ3v) is 5.00. The van der Waals surface area contributed by atoms with Gasteiger partial charge in [0.15, 0.2) is 0 Å². The van der Waals surface area contributed by atoms with E-state index in [1.165, 1.54) is 11.3 Å². The third-order valence-electron chi connectivity index (χ3n) is 4.04. The van der Waals surface area contributed by atoms with E-state index in [9.17, 15) is 9.59 Å². The molecule has 126 valence electrons. The number of unbranched alkanes of at least 4 members (excludes halogenated alkanes) is 2. The second-order valence-electron chi connectivity index (χ2n) is 5.83. The number of benzene rings is 1. The van der Waals surface area contributed by atoms with Gasteiger partial charge < -0.3 is 4.90 Å². The number of fused-ring (bicyclic) bond motifs is 1. The summed E-state index contributed by atoms with van der Waals surface area (Å²) in [5, 5.41) is 0. The van der Waals surface area contributed by atoms with Crippen LogP contribution in [0.15, 0.2) is 29.1 Å². The first-order valence-electron chi connectivity index (χ1n) is 8.53. The molecule has 1 aromatic heterocycles. The summed E-state index contributed by atoms with van der Waals surface area (Å²) in [6, 6.07) is 7.77. The number of rotatable bonds is 9. The first-order valence-corrected chi connectivity index (χ1v) is 9.35. The molecule has 4 nitrogen and oxygen atoms in total. The maximum absolute atomic E-state index is 12.5. The van der Waals surface area contributed by atoms with Gasteiger partial charge in [-0.2, -0.15) is 0 Å². The van der Waals surface area contributed by atoms with Crippen LogP contribution in [0.5, 0.6) is 0 Å². The molecule has 0 aliphatic carbocycles. The molecule has 0 fully saturated rings. The Morgan fingerprint density at radius 1 is 1.13 bits per heavy atom. The summed E-state index contributed by atoms with van der Waals surface area (Å²) < 4.78 is 2.72. The lowest BCUT2D eigenvalue weighted by Gasteiger charge is -2.22. The van der Waals surface area contributed by atoms with Gasteiger partial charge in [0, 0.05) is 26.1 Å². The zero-order valence-corrected chi connectivity index (χ0v) is 14.9. The summed E-state index contributed by atoms with van der Waals surface area (Å²) >= 11 is 1.25. The molecular formula is C18H26N2O2S. The van der Waals surface area contributed by atoms with Gasteiger partial charge in [-0.15, -0.1) is 0 Å². The Morgan fingerprint density at radius 2 is 1.78 bits per heavy atom. The molecule has 1 heterocycles. The van der Waals surface area contributed by atoms with Crippen molar-refractivity contribution in [1.29, 1.82) is 0 Å². The minimum atomic E-state index is 0.0210. The highest BCUT2D eigenvalue weighted by Gasteiger charge is 2.14. The average Bonchev–Trinajstić information content (AvgIpc) is 2.88. The molecule has 23 heavy (non-hydrogen) atoms. The van der Waals surface area contributed by atoms with Crippen molar-refractivity contribution in [2.45, 2.75) is 52.5 Å². The standard InChI is InChI=1S/C18H26N2O2S/c1-3-5-12-19(13-6-4-2)17(21)11-14-20-15-9-7-8-10-16(15)23-18(20)22/h7-10H,3-6,11-14H2,1-2H3. The van der Waals surface area contributed by atoms with Gasteiger partial charge >= 0.3 is 4.87 Å². The minimum absolute atomic E-state index is 0.0210. The van der Waals surface area contributed by atoms with E-state index in [0.29, 0.717) is 13.0 Å². The number of hydrogen-bond donors (Lipinski definition) is 0.